The highest BCUT2D eigenvalue weighted by Crippen LogP contribution is 2.11. The Labute approximate surface area is 84.5 Å². The van der Waals surface area contributed by atoms with Crippen LogP contribution in [0.2, 0.25) is 0 Å². The third kappa shape index (κ3) is 4.46. The standard InChI is InChI=1S/C10H18O4/c1-2-3-6-13-10(11)14-9-4-7-12-8-5-9/h9H,2-8H2,1H3. The van der Waals surface area contributed by atoms with Crippen LogP contribution in [0.3, 0.4) is 0 Å². The quantitative estimate of drug-likeness (QED) is 0.517. The summed E-state index contributed by atoms with van der Waals surface area (Å²) in [5.41, 5.74) is 0. The number of hydrogen-bond acceptors (Lipinski definition) is 4. The van der Waals surface area contributed by atoms with Crippen LogP contribution in [0.4, 0.5) is 4.79 Å². The van der Waals surface area contributed by atoms with E-state index in [1.165, 1.54) is 0 Å². The lowest BCUT2D eigenvalue weighted by Crippen LogP contribution is -2.26. The summed E-state index contributed by atoms with van der Waals surface area (Å²) in [6.45, 7) is 3.85. The molecule has 82 valence electrons. The van der Waals surface area contributed by atoms with Gasteiger partial charge in [-0.25, -0.2) is 4.79 Å². The van der Waals surface area contributed by atoms with E-state index in [9.17, 15) is 4.79 Å². The molecule has 0 aromatic heterocycles. The summed E-state index contributed by atoms with van der Waals surface area (Å²) in [5.74, 6) is 0. The fraction of sp³-hybridized carbons (Fsp3) is 0.900. The van der Waals surface area contributed by atoms with Gasteiger partial charge in [-0.2, -0.15) is 0 Å². The molecule has 0 saturated carbocycles. The van der Waals surface area contributed by atoms with Crippen molar-refractivity contribution < 1.29 is 19.0 Å². The third-order valence-electron chi connectivity index (χ3n) is 2.15. The zero-order valence-electron chi connectivity index (χ0n) is 8.66. The smallest absolute Gasteiger partial charge is 0.434 e. The van der Waals surface area contributed by atoms with Gasteiger partial charge in [-0.05, 0) is 6.42 Å². The summed E-state index contributed by atoms with van der Waals surface area (Å²) in [5, 5.41) is 0. The molecule has 4 heteroatoms. The van der Waals surface area contributed by atoms with Crippen LogP contribution in [0.15, 0.2) is 0 Å². The Kier molecular flexibility index (Phi) is 5.37. The van der Waals surface area contributed by atoms with E-state index in [-0.39, 0.29) is 6.10 Å². The van der Waals surface area contributed by atoms with E-state index >= 15 is 0 Å². The number of ether oxygens (including phenoxy) is 3. The summed E-state index contributed by atoms with van der Waals surface area (Å²) in [4.78, 5) is 11.1. The molecule has 0 radical (unpaired) electrons. The molecule has 0 aromatic carbocycles. The van der Waals surface area contributed by atoms with E-state index in [0.29, 0.717) is 19.8 Å². The minimum Gasteiger partial charge on any atom is -0.434 e. The van der Waals surface area contributed by atoms with Crippen molar-refractivity contribution in [1.82, 2.24) is 0 Å². The van der Waals surface area contributed by atoms with Crippen LogP contribution in [0, 0.1) is 0 Å². The first-order valence-electron chi connectivity index (χ1n) is 5.24. The van der Waals surface area contributed by atoms with Gasteiger partial charge in [0, 0.05) is 12.8 Å². The minimum absolute atomic E-state index is 0.0159. The second kappa shape index (κ2) is 6.65. The van der Waals surface area contributed by atoms with Crippen LogP contribution >= 0.6 is 0 Å². The average molecular weight is 202 g/mol. The van der Waals surface area contributed by atoms with Gasteiger partial charge in [-0.1, -0.05) is 13.3 Å². The van der Waals surface area contributed by atoms with Crippen molar-refractivity contribution in [1.29, 1.82) is 0 Å². The summed E-state index contributed by atoms with van der Waals surface area (Å²) in [6.07, 6.45) is 2.92. The summed E-state index contributed by atoms with van der Waals surface area (Å²) >= 11 is 0. The molecule has 1 heterocycles. The number of hydrogen-bond donors (Lipinski definition) is 0. The van der Waals surface area contributed by atoms with E-state index in [1.54, 1.807) is 0 Å². The van der Waals surface area contributed by atoms with Crippen LogP contribution in [0.1, 0.15) is 32.6 Å². The molecule has 0 unspecified atom stereocenters. The molecule has 1 aliphatic heterocycles. The van der Waals surface area contributed by atoms with Crippen molar-refractivity contribution in [2.24, 2.45) is 0 Å². The van der Waals surface area contributed by atoms with Crippen LogP contribution in [0.5, 0.6) is 0 Å². The van der Waals surface area contributed by atoms with E-state index in [1.807, 2.05) is 6.92 Å². The normalized spacial score (nSPS) is 17.8. The van der Waals surface area contributed by atoms with E-state index in [4.69, 9.17) is 14.2 Å². The van der Waals surface area contributed by atoms with E-state index in [0.717, 1.165) is 25.7 Å². The lowest BCUT2D eigenvalue weighted by atomic mass is 10.2. The van der Waals surface area contributed by atoms with Crippen LogP contribution in [0.25, 0.3) is 0 Å². The Bertz CT molecular complexity index is 164. The first kappa shape index (κ1) is 11.3. The predicted molar refractivity (Wildman–Crippen MR) is 51.2 cm³/mol. The Morgan fingerprint density at radius 1 is 1.43 bits per heavy atom. The molecule has 0 aliphatic carbocycles. The zero-order valence-corrected chi connectivity index (χ0v) is 8.66. The van der Waals surface area contributed by atoms with Gasteiger partial charge in [0.25, 0.3) is 0 Å². The predicted octanol–water partition coefficient (Wildman–Crippen LogP) is 2.12. The monoisotopic (exact) mass is 202 g/mol. The van der Waals surface area contributed by atoms with Gasteiger partial charge < -0.3 is 14.2 Å². The van der Waals surface area contributed by atoms with Gasteiger partial charge in [0.1, 0.15) is 6.10 Å². The molecule has 0 atom stereocenters. The van der Waals surface area contributed by atoms with Crippen LogP contribution < -0.4 is 0 Å². The number of carbonyl (C=O) groups is 1. The molecule has 14 heavy (non-hydrogen) atoms. The molecule has 0 spiro atoms. The Hall–Kier alpha value is -0.770. The molecule has 4 nitrogen and oxygen atoms in total. The maximum Gasteiger partial charge on any atom is 0.508 e. The Morgan fingerprint density at radius 3 is 2.79 bits per heavy atom. The molecule has 0 aromatic rings. The number of rotatable bonds is 4. The maximum atomic E-state index is 11.1. The van der Waals surface area contributed by atoms with Gasteiger partial charge >= 0.3 is 6.16 Å². The van der Waals surface area contributed by atoms with Crippen molar-refractivity contribution in [3.63, 3.8) is 0 Å². The van der Waals surface area contributed by atoms with Crippen molar-refractivity contribution >= 4 is 6.16 Å². The zero-order chi connectivity index (χ0) is 10.2. The first-order chi connectivity index (χ1) is 6.83. The largest absolute Gasteiger partial charge is 0.508 e. The fourth-order valence-electron chi connectivity index (χ4n) is 1.26. The molecule has 0 N–H and O–H groups in total. The molecule has 0 bridgehead atoms. The highest BCUT2D eigenvalue weighted by atomic mass is 16.7. The minimum atomic E-state index is -0.537. The van der Waals surface area contributed by atoms with E-state index < -0.39 is 6.16 Å². The van der Waals surface area contributed by atoms with Gasteiger partial charge in [0.15, 0.2) is 0 Å². The lowest BCUT2D eigenvalue weighted by Gasteiger charge is -2.21. The molecule has 1 fully saturated rings. The third-order valence-corrected chi connectivity index (χ3v) is 2.15. The molecule has 1 aliphatic rings. The first-order valence-corrected chi connectivity index (χ1v) is 5.24. The van der Waals surface area contributed by atoms with Crippen molar-refractivity contribution in [3.8, 4) is 0 Å². The second-order valence-electron chi connectivity index (χ2n) is 3.38. The lowest BCUT2D eigenvalue weighted by molar-refractivity contribution is -0.0278. The molecule has 1 rings (SSSR count). The van der Waals surface area contributed by atoms with Crippen molar-refractivity contribution in [2.45, 2.75) is 38.7 Å². The van der Waals surface area contributed by atoms with Gasteiger partial charge in [-0.15, -0.1) is 0 Å². The summed E-state index contributed by atoms with van der Waals surface area (Å²) in [7, 11) is 0. The Morgan fingerprint density at radius 2 is 2.14 bits per heavy atom. The van der Waals surface area contributed by atoms with Gasteiger partial charge in [0.05, 0.1) is 19.8 Å². The fourth-order valence-corrected chi connectivity index (χ4v) is 1.26. The van der Waals surface area contributed by atoms with Crippen molar-refractivity contribution in [2.75, 3.05) is 19.8 Å². The maximum absolute atomic E-state index is 11.1. The molecule has 1 saturated heterocycles. The average Bonchev–Trinajstić information content (AvgIpc) is 2.20. The molecular weight excluding hydrogens is 184 g/mol. The molecular formula is C10H18O4. The SMILES string of the molecule is CCCCOC(=O)OC1CCOCC1. The highest BCUT2D eigenvalue weighted by Gasteiger charge is 2.18. The number of unbranched alkanes of at least 4 members (excludes halogenated alkanes) is 1. The van der Waals surface area contributed by atoms with E-state index in [2.05, 4.69) is 0 Å². The van der Waals surface area contributed by atoms with Crippen LogP contribution in [-0.4, -0.2) is 32.1 Å². The summed E-state index contributed by atoms with van der Waals surface area (Å²) in [6, 6.07) is 0. The van der Waals surface area contributed by atoms with Gasteiger partial charge in [0.2, 0.25) is 0 Å². The van der Waals surface area contributed by atoms with Gasteiger partial charge in [-0.3, -0.25) is 0 Å². The molecule has 0 amide bonds. The second-order valence-corrected chi connectivity index (χ2v) is 3.38. The highest BCUT2D eigenvalue weighted by molar-refractivity contribution is 5.60. The topological polar surface area (TPSA) is 44.8 Å². The Balaban J connectivity index is 2.06. The number of carbonyl (C=O) groups excluding carboxylic acids is 1. The summed E-state index contributed by atoms with van der Waals surface area (Å²) < 4.78 is 15.1. The van der Waals surface area contributed by atoms with Crippen molar-refractivity contribution in [3.05, 3.63) is 0 Å². The van der Waals surface area contributed by atoms with Crippen LogP contribution in [-0.2, 0) is 14.2 Å².